The quantitative estimate of drug-likeness (QED) is 0.913. The summed E-state index contributed by atoms with van der Waals surface area (Å²) in [6.45, 7) is 0. The summed E-state index contributed by atoms with van der Waals surface area (Å²) in [4.78, 5) is 0. The molecule has 0 aliphatic heterocycles. The molecule has 3 rings (SSSR count). The van der Waals surface area contributed by atoms with Crippen molar-refractivity contribution in [3.05, 3.63) is 59.7 Å². The first-order valence-electron chi connectivity index (χ1n) is 7.17. The summed E-state index contributed by atoms with van der Waals surface area (Å²) in [5, 5.41) is 11.0. The van der Waals surface area contributed by atoms with Gasteiger partial charge >= 0.3 is 0 Å². The molecule has 0 radical (unpaired) electrons. The number of benzene rings is 2. The molecule has 3 nitrogen and oxygen atoms in total. The predicted molar refractivity (Wildman–Crippen MR) is 81.9 cm³/mol. The van der Waals surface area contributed by atoms with Gasteiger partial charge in [0.2, 0.25) is 0 Å². The Kier molecular flexibility index (Phi) is 3.60. The van der Waals surface area contributed by atoms with Crippen LogP contribution in [0, 0.1) is 0 Å². The average molecular weight is 284 g/mol. The third-order valence-electron chi connectivity index (χ3n) is 4.39. The van der Waals surface area contributed by atoms with Crippen LogP contribution in [0.1, 0.15) is 30.1 Å². The first-order chi connectivity index (χ1) is 10.2. The SMILES string of the molecule is COc1ccc(OC)c(C(O)C2(c3ccccc3)CC2)c1. The molecule has 1 aliphatic rings. The number of rotatable bonds is 5. The molecule has 2 aromatic rings. The van der Waals surface area contributed by atoms with E-state index in [2.05, 4.69) is 12.1 Å². The molecule has 110 valence electrons. The molecule has 0 heterocycles. The van der Waals surface area contributed by atoms with E-state index in [0.29, 0.717) is 5.75 Å². The van der Waals surface area contributed by atoms with Crippen LogP contribution < -0.4 is 9.47 Å². The molecule has 1 atom stereocenters. The fraction of sp³-hybridized carbons (Fsp3) is 0.333. The molecular formula is C18H20O3. The van der Waals surface area contributed by atoms with Crippen LogP contribution in [0.5, 0.6) is 11.5 Å². The smallest absolute Gasteiger partial charge is 0.124 e. The lowest BCUT2D eigenvalue weighted by Gasteiger charge is -2.25. The zero-order valence-corrected chi connectivity index (χ0v) is 12.4. The Morgan fingerprint density at radius 2 is 1.71 bits per heavy atom. The molecule has 0 aromatic heterocycles. The standard InChI is InChI=1S/C18H20O3/c1-20-14-8-9-16(21-2)15(12-14)17(19)18(10-11-18)13-6-4-3-5-7-13/h3-9,12,17,19H,10-11H2,1-2H3. The summed E-state index contributed by atoms with van der Waals surface area (Å²) in [7, 11) is 3.25. The molecule has 21 heavy (non-hydrogen) atoms. The van der Waals surface area contributed by atoms with Crippen LogP contribution in [0.3, 0.4) is 0 Å². The average Bonchev–Trinajstić information content (AvgIpc) is 3.36. The van der Waals surface area contributed by atoms with Gasteiger partial charge in [0.05, 0.1) is 20.3 Å². The molecule has 1 saturated carbocycles. The Balaban J connectivity index is 2.00. The van der Waals surface area contributed by atoms with Gasteiger partial charge in [0, 0.05) is 11.0 Å². The zero-order chi connectivity index (χ0) is 14.9. The van der Waals surface area contributed by atoms with Gasteiger partial charge in [0.1, 0.15) is 11.5 Å². The highest BCUT2D eigenvalue weighted by Crippen LogP contribution is 2.57. The van der Waals surface area contributed by atoms with Crippen LogP contribution in [-0.4, -0.2) is 19.3 Å². The summed E-state index contributed by atoms with van der Waals surface area (Å²) in [6.07, 6.45) is 1.38. The summed E-state index contributed by atoms with van der Waals surface area (Å²) in [5.41, 5.74) is 1.78. The van der Waals surface area contributed by atoms with Crippen molar-refractivity contribution >= 4 is 0 Å². The number of aliphatic hydroxyl groups excluding tert-OH is 1. The van der Waals surface area contributed by atoms with E-state index in [1.807, 2.05) is 36.4 Å². The Hall–Kier alpha value is -2.00. The Morgan fingerprint density at radius 3 is 2.29 bits per heavy atom. The number of methoxy groups -OCH3 is 2. The Bertz CT molecular complexity index is 618. The fourth-order valence-corrected chi connectivity index (χ4v) is 2.98. The van der Waals surface area contributed by atoms with Gasteiger partial charge in [-0.15, -0.1) is 0 Å². The Labute approximate surface area is 125 Å². The molecule has 1 fully saturated rings. The maximum absolute atomic E-state index is 11.0. The first kappa shape index (κ1) is 14.0. The second-order valence-electron chi connectivity index (χ2n) is 5.53. The van der Waals surface area contributed by atoms with Crippen molar-refractivity contribution in [2.75, 3.05) is 14.2 Å². The number of hydrogen-bond acceptors (Lipinski definition) is 3. The van der Waals surface area contributed by atoms with Gasteiger partial charge in [-0.3, -0.25) is 0 Å². The van der Waals surface area contributed by atoms with Crippen LogP contribution in [-0.2, 0) is 5.41 Å². The highest BCUT2D eigenvalue weighted by atomic mass is 16.5. The van der Waals surface area contributed by atoms with Gasteiger partial charge in [-0.1, -0.05) is 30.3 Å². The number of ether oxygens (including phenoxy) is 2. The summed E-state index contributed by atoms with van der Waals surface area (Å²) in [6, 6.07) is 15.8. The van der Waals surface area contributed by atoms with Crippen LogP contribution in [0.15, 0.2) is 48.5 Å². The third kappa shape index (κ3) is 2.38. The lowest BCUT2D eigenvalue weighted by molar-refractivity contribution is 0.129. The van der Waals surface area contributed by atoms with E-state index in [1.165, 1.54) is 5.56 Å². The molecular weight excluding hydrogens is 264 g/mol. The van der Waals surface area contributed by atoms with Crippen LogP contribution in [0.25, 0.3) is 0 Å². The van der Waals surface area contributed by atoms with E-state index in [9.17, 15) is 5.11 Å². The zero-order valence-electron chi connectivity index (χ0n) is 12.4. The van der Waals surface area contributed by atoms with Gasteiger partial charge in [0.25, 0.3) is 0 Å². The summed E-state index contributed by atoms with van der Waals surface area (Å²) in [5.74, 6) is 1.43. The molecule has 1 aliphatic carbocycles. The Morgan fingerprint density at radius 1 is 1.00 bits per heavy atom. The molecule has 2 aromatic carbocycles. The van der Waals surface area contributed by atoms with Crippen LogP contribution >= 0.6 is 0 Å². The van der Waals surface area contributed by atoms with E-state index in [1.54, 1.807) is 14.2 Å². The van der Waals surface area contributed by atoms with E-state index in [-0.39, 0.29) is 5.41 Å². The van der Waals surface area contributed by atoms with Crippen molar-refractivity contribution in [1.82, 2.24) is 0 Å². The monoisotopic (exact) mass is 284 g/mol. The minimum atomic E-state index is -0.593. The second kappa shape index (κ2) is 5.41. The van der Waals surface area contributed by atoms with Crippen molar-refractivity contribution in [2.45, 2.75) is 24.4 Å². The van der Waals surface area contributed by atoms with Crippen molar-refractivity contribution in [1.29, 1.82) is 0 Å². The maximum atomic E-state index is 11.0. The van der Waals surface area contributed by atoms with Crippen molar-refractivity contribution in [3.8, 4) is 11.5 Å². The van der Waals surface area contributed by atoms with Gasteiger partial charge in [-0.05, 0) is 36.6 Å². The number of aliphatic hydroxyl groups is 1. The largest absolute Gasteiger partial charge is 0.497 e. The lowest BCUT2D eigenvalue weighted by Crippen LogP contribution is -2.19. The maximum Gasteiger partial charge on any atom is 0.124 e. The highest BCUT2D eigenvalue weighted by molar-refractivity contribution is 5.46. The third-order valence-corrected chi connectivity index (χ3v) is 4.39. The molecule has 0 amide bonds. The van der Waals surface area contributed by atoms with E-state index >= 15 is 0 Å². The van der Waals surface area contributed by atoms with E-state index in [4.69, 9.17) is 9.47 Å². The van der Waals surface area contributed by atoms with Gasteiger partial charge in [0.15, 0.2) is 0 Å². The second-order valence-corrected chi connectivity index (χ2v) is 5.53. The van der Waals surface area contributed by atoms with Crippen LogP contribution in [0.2, 0.25) is 0 Å². The van der Waals surface area contributed by atoms with Crippen molar-refractivity contribution < 1.29 is 14.6 Å². The molecule has 3 heteroatoms. The van der Waals surface area contributed by atoms with E-state index in [0.717, 1.165) is 24.2 Å². The normalized spacial score (nSPS) is 17.1. The van der Waals surface area contributed by atoms with Gasteiger partial charge in [-0.2, -0.15) is 0 Å². The molecule has 0 bridgehead atoms. The fourth-order valence-electron chi connectivity index (χ4n) is 2.98. The van der Waals surface area contributed by atoms with Crippen LogP contribution in [0.4, 0.5) is 0 Å². The molecule has 0 spiro atoms. The lowest BCUT2D eigenvalue weighted by atomic mass is 9.85. The molecule has 1 unspecified atom stereocenters. The number of hydrogen-bond donors (Lipinski definition) is 1. The first-order valence-corrected chi connectivity index (χ1v) is 7.17. The minimum Gasteiger partial charge on any atom is -0.497 e. The summed E-state index contributed by atoms with van der Waals surface area (Å²) >= 11 is 0. The predicted octanol–water partition coefficient (Wildman–Crippen LogP) is 3.47. The van der Waals surface area contributed by atoms with Gasteiger partial charge < -0.3 is 14.6 Å². The van der Waals surface area contributed by atoms with Gasteiger partial charge in [-0.25, -0.2) is 0 Å². The van der Waals surface area contributed by atoms with Crippen molar-refractivity contribution in [2.24, 2.45) is 0 Å². The van der Waals surface area contributed by atoms with E-state index < -0.39 is 6.10 Å². The molecule has 0 saturated heterocycles. The van der Waals surface area contributed by atoms with Crippen molar-refractivity contribution in [3.63, 3.8) is 0 Å². The highest BCUT2D eigenvalue weighted by Gasteiger charge is 2.51. The molecule has 1 N–H and O–H groups in total. The summed E-state index contributed by atoms with van der Waals surface area (Å²) < 4.78 is 10.7. The topological polar surface area (TPSA) is 38.7 Å². The minimum absolute atomic E-state index is 0.194.